The van der Waals surface area contributed by atoms with Crippen LogP contribution in [0.5, 0.6) is 11.6 Å². The van der Waals surface area contributed by atoms with Crippen molar-refractivity contribution in [3.63, 3.8) is 0 Å². The number of aliphatic imine (C=N–C) groups is 1. The summed E-state index contributed by atoms with van der Waals surface area (Å²) in [7, 11) is 1.60. The summed E-state index contributed by atoms with van der Waals surface area (Å²) < 4.78 is 11.1. The van der Waals surface area contributed by atoms with E-state index in [2.05, 4.69) is 21.3 Å². The molecule has 0 aromatic carbocycles. The molecule has 3 aliphatic heterocycles. The van der Waals surface area contributed by atoms with Gasteiger partial charge in [0.05, 0.1) is 25.3 Å². The van der Waals surface area contributed by atoms with Crippen LogP contribution in [0.25, 0.3) is 0 Å². The van der Waals surface area contributed by atoms with Crippen LogP contribution in [0, 0.1) is 5.92 Å². The van der Waals surface area contributed by atoms with Gasteiger partial charge in [-0.05, 0) is 18.6 Å². The van der Waals surface area contributed by atoms with E-state index in [0.717, 1.165) is 43.1 Å². The van der Waals surface area contributed by atoms with Gasteiger partial charge in [-0.2, -0.15) is 0 Å². The molecule has 4 rings (SSSR count). The lowest BCUT2D eigenvalue weighted by Crippen LogP contribution is -2.44. The molecule has 0 radical (unpaired) electrons. The van der Waals surface area contributed by atoms with Crippen LogP contribution in [0.3, 0.4) is 0 Å². The third-order valence-electron chi connectivity index (χ3n) is 5.24. The molecule has 0 saturated carbocycles. The molecule has 0 aliphatic carbocycles. The number of hydrogen-bond acceptors (Lipinski definition) is 6. The van der Waals surface area contributed by atoms with E-state index in [1.54, 1.807) is 13.3 Å². The predicted molar refractivity (Wildman–Crippen MR) is 97.5 cm³/mol. The Morgan fingerprint density at radius 1 is 1.27 bits per heavy atom. The highest BCUT2D eigenvalue weighted by Gasteiger charge is 2.37. The number of aromatic nitrogens is 1. The number of likely N-dealkylation sites (tertiary alicyclic amines) is 1. The standard InChI is InChI=1S/C19H24N4O3/c1-12-9-15-16(11-21-19(15)24)22-18(12)23-7-5-13(6-8-23)26-14-3-4-17(25-2)20-10-14/h3-4,9-10,13,15-16H,5-8,11H2,1-2H3,(H,21,24). The van der Waals surface area contributed by atoms with Crippen molar-refractivity contribution < 1.29 is 14.3 Å². The fourth-order valence-electron chi connectivity index (χ4n) is 3.81. The molecule has 1 aromatic rings. The van der Waals surface area contributed by atoms with Gasteiger partial charge in [-0.25, -0.2) is 4.98 Å². The largest absolute Gasteiger partial charge is 0.489 e. The summed E-state index contributed by atoms with van der Waals surface area (Å²) in [6.07, 6.45) is 5.82. The minimum absolute atomic E-state index is 0.0422. The fraction of sp³-hybridized carbons (Fsp3) is 0.526. The minimum Gasteiger partial charge on any atom is -0.489 e. The topological polar surface area (TPSA) is 76.1 Å². The highest BCUT2D eigenvalue weighted by molar-refractivity contribution is 6.01. The molecule has 0 spiro atoms. The first-order valence-electron chi connectivity index (χ1n) is 9.10. The molecule has 26 heavy (non-hydrogen) atoms. The fourth-order valence-corrected chi connectivity index (χ4v) is 3.81. The molecule has 4 heterocycles. The number of nitrogens with zero attached hydrogens (tertiary/aromatic N) is 3. The molecular weight excluding hydrogens is 332 g/mol. The van der Waals surface area contributed by atoms with Gasteiger partial charge in [-0.3, -0.25) is 9.79 Å². The molecule has 3 aliphatic rings. The van der Waals surface area contributed by atoms with Gasteiger partial charge in [-0.1, -0.05) is 6.08 Å². The molecule has 7 nitrogen and oxygen atoms in total. The highest BCUT2D eigenvalue weighted by atomic mass is 16.5. The number of dihydropyridines is 1. The van der Waals surface area contributed by atoms with Crippen molar-refractivity contribution in [3.8, 4) is 11.6 Å². The first kappa shape index (κ1) is 16.9. The Balaban J connectivity index is 1.35. The molecular formula is C19H24N4O3. The van der Waals surface area contributed by atoms with Crippen LogP contribution in [-0.2, 0) is 4.79 Å². The third kappa shape index (κ3) is 3.25. The van der Waals surface area contributed by atoms with Crippen molar-refractivity contribution in [3.05, 3.63) is 30.0 Å². The Bertz CT molecular complexity index is 736. The van der Waals surface area contributed by atoms with E-state index in [0.29, 0.717) is 12.4 Å². The van der Waals surface area contributed by atoms with Crippen molar-refractivity contribution in [2.45, 2.75) is 31.9 Å². The van der Waals surface area contributed by atoms with Crippen LogP contribution in [0.4, 0.5) is 0 Å². The minimum atomic E-state index is -0.0952. The summed E-state index contributed by atoms with van der Waals surface area (Å²) in [5, 5.41) is 2.90. The van der Waals surface area contributed by atoms with Crippen LogP contribution in [0.2, 0.25) is 0 Å². The molecule has 0 bridgehead atoms. The molecule has 2 unspecified atom stereocenters. The van der Waals surface area contributed by atoms with Crippen LogP contribution in [0.1, 0.15) is 19.8 Å². The van der Waals surface area contributed by atoms with Gasteiger partial charge < -0.3 is 19.7 Å². The zero-order valence-corrected chi connectivity index (χ0v) is 15.1. The van der Waals surface area contributed by atoms with E-state index in [4.69, 9.17) is 14.5 Å². The van der Waals surface area contributed by atoms with E-state index >= 15 is 0 Å². The SMILES string of the molecule is COc1ccc(OC2CCN(C3=NC4CNC(=O)C4C=C3C)CC2)cn1. The number of amidine groups is 1. The highest BCUT2D eigenvalue weighted by Crippen LogP contribution is 2.27. The van der Waals surface area contributed by atoms with Crippen molar-refractivity contribution >= 4 is 11.7 Å². The Morgan fingerprint density at radius 2 is 2.08 bits per heavy atom. The van der Waals surface area contributed by atoms with Crippen molar-refractivity contribution in [1.29, 1.82) is 0 Å². The third-order valence-corrected chi connectivity index (χ3v) is 5.24. The molecule has 7 heteroatoms. The van der Waals surface area contributed by atoms with Gasteiger partial charge in [0.1, 0.15) is 17.7 Å². The zero-order valence-electron chi connectivity index (χ0n) is 15.1. The van der Waals surface area contributed by atoms with Crippen molar-refractivity contribution in [2.75, 3.05) is 26.7 Å². The van der Waals surface area contributed by atoms with Crippen molar-refractivity contribution in [1.82, 2.24) is 15.2 Å². The number of ether oxygens (including phenoxy) is 2. The predicted octanol–water partition coefficient (Wildman–Crippen LogP) is 1.41. The number of amides is 1. The lowest BCUT2D eigenvalue weighted by Gasteiger charge is -2.36. The molecule has 1 aromatic heterocycles. The molecule has 2 fully saturated rings. The monoisotopic (exact) mass is 356 g/mol. The van der Waals surface area contributed by atoms with E-state index in [-0.39, 0.29) is 24.0 Å². The smallest absolute Gasteiger partial charge is 0.229 e. The normalized spacial score (nSPS) is 25.9. The number of nitrogens with one attached hydrogen (secondary N) is 1. The quantitative estimate of drug-likeness (QED) is 0.886. The number of fused-ring (bicyclic) bond motifs is 1. The zero-order chi connectivity index (χ0) is 18.1. The molecule has 1 N–H and O–H groups in total. The Kier molecular flexibility index (Phi) is 4.53. The number of carbonyl (C=O) groups is 1. The van der Waals surface area contributed by atoms with Crippen LogP contribution in [-0.4, -0.2) is 60.5 Å². The van der Waals surface area contributed by atoms with Gasteiger partial charge in [-0.15, -0.1) is 0 Å². The van der Waals surface area contributed by atoms with Crippen molar-refractivity contribution in [2.24, 2.45) is 10.9 Å². The van der Waals surface area contributed by atoms with Crippen LogP contribution < -0.4 is 14.8 Å². The Morgan fingerprint density at radius 3 is 2.77 bits per heavy atom. The maximum atomic E-state index is 11.8. The van der Waals surface area contributed by atoms with Gasteiger partial charge in [0, 0.05) is 38.5 Å². The summed E-state index contributed by atoms with van der Waals surface area (Å²) in [5.74, 6) is 2.39. The second-order valence-corrected chi connectivity index (χ2v) is 6.98. The van der Waals surface area contributed by atoms with E-state index in [1.807, 2.05) is 19.1 Å². The number of piperidine rings is 1. The molecule has 1 amide bonds. The summed E-state index contributed by atoms with van der Waals surface area (Å²) in [4.78, 5) is 23.2. The number of rotatable bonds is 3. The van der Waals surface area contributed by atoms with Gasteiger partial charge in [0.2, 0.25) is 11.8 Å². The second kappa shape index (κ2) is 6.97. The average Bonchev–Trinajstić information content (AvgIpc) is 3.02. The second-order valence-electron chi connectivity index (χ2n) is 6.98. The molecule has 138 valence electrons. The first-order chi connectivity index (χ1) is 12.6. The van der Waals surface area contributed by atoms with Crippen LogP contribution >= 0.6 is 0 Å². The van der Waals surface area contributed by atoms with Gasteiger partial charge in [0.15, 0.2) is 0 Å². The van der Waals surface area contributed by atoms with Crippen LogP contribution in [0.15, 0.2) is 35.0 Å². The van der Waals surface area contributed by atoms with Gasteiger partial charge >= 0.3 is 0 Å². The summed E-state index contributed by atoms with van der Waals surface area (Å²) in [6, 6.07) is 3.74. The number of methoxy groups -OCH3 is 1. The number of pyridine rings is 1. The Hall–Kier alpha value is -2.57. The van der Waals surface area contributed by atoms with E-state index < -0.39 is 0 Å². The number of hydrogen-bond donors (Lipinski definition) is 1. The summed E-state index contributed by atoms with van der Waals surface area (Å²) >= 11 is 0. The average molecular weight is 356 g/mol. The lowest BCUT2D eigenvalue weighted by molar-refractivity contribution is -0.121. The summed E-state index contributed by atoms with van der Waals surface area (Å²) in [5.41, 5.74) is 1.10. The molecule has 2 atom stereocenters. The first-order valence-corrected chi connectivity index (χ1v) is 9.10. The summed E-state index contributed by atoms with van der Waals surface area (Å²) in [6.45, 7) is 4.49. The lowest BCUT2D eigenvalue weighted by atomic mass is 9.95. The van der Waals surface area contributed by atoms with Gasteiger partial charge in [0.25, 0.3) is 0 Å². The maximum absolute atomic E-state index is 11.8. The Labute approximate surface area is 153 Å². The van der Waals surface area contributed by atoms with E-state index in [1.165, 1.54) is 0 Å². The van der Waals surface area contributed by atoms with E-state index in [9.17, 15) is 4.79 Å². The number of carbonyl (C=O) groups excluding carboxylic acids is 1. The molecule has 2 saturated heterocycles. The maximum Gasteiger partial charge on any atom is 0.229 e.